The van der Waals surface area contributed by atoms with Crippen LogP contribution in [0.4, 0.5) is 0 Å². The van der Waals surface area contributed by atoms with Crippen LogP contribution in [0.2, 0.25) is 0 Å². The lowest BCUT2D eigenvalue weighted by Crippen LogP contribution is -2.47. The lowest BCUT2D eigenvalue weighted by molar-refractivity contribution is 0.0596. The van der Waals surface area contributed by atoms with Crippen LogP contribution in [0.3, 0.4) is 0 Å². The van der Waals surface area contributed by atoms with Gasteiger partial charge in [-0.15, -0.1) is 0 Å². The van der Waals surface area contributed by atoms with Gasteiger partial charge in [0.15, 0.2) is 0 Å². The average Bonchev–Trinajstić information content (AvgIpc) is 2.50. The fourth-order valence-corrected chi connectivity index (χ4v) is 3.86. The molecule has 3 nitrogen and oxygen atoms in total. The van der Waals surface area contributed by atoms with E-state index in [0.29, 0.717) is 0 Å². The van der Waals surface area contributed by atoms with E-state index in [2.05, 4.69) is 34.0 Å². The zero-order valence-electron chi connectivity index (χ0n) is 12.7. The molecule has 1 aromatic heterocycles. The average molecular weight is 273 g/mol. The number of pyridine rings is 1. The molecule has 0 radical (unpaired) electrons. The summed E-state index contributed by atoms with van der Waals surface area (Å²) in [7, 11) is 2.25. The molecule has 0 aliphatic carbocycles. The van der Waals surface area contributed by atoms with Gasteiger partial charge in [0.25, 0.3) is 0 Å². The van der Waals surface area contributed by atoms with Gasteiger partial charge in [0.2, 0.25) is 0 Å². The van der Waals surface area contributed by atoms with Crippen molar-refractivity contribution < 1.29 is 0 Å². The highest BCUT2D eigenvalue weighted by Crippen LogP contribution is 2.30. The van der Waals surface area contributed by atoms with Gasteiger partial charge >= 0.3 is 0 Å². The first-order valence-corrected chi connectivity index (χ1v) is 8.15. The Hall–Kier alpha value is -0.930. The van der Waals surface area contributed by atoms with Crippen LogP contribution in [0.1, 0.15) is 37.8 Å². The Morgan fingerprint density at radius 3 is 2.70 bits per heavy atom. The number of likely N-dealkylation sites (tertiary alicyclic amines) is 2. The van der Waals surface area contributed by atoms with Gasteiger partial charge in [0.1, 0.15) is 0 Å². The third kappa shape index (κ3) is 3.39. The first-order chi connectivity index (χ1) is 9.83. The molecule has 0 spiro atoms. The van der Waals surface area contributed by atoms with E-state index in [1.54, 1.807) is 0 Å². The highest BCUT2D eigenvalue weighted by Gasteiger charge is 2.31. The second kappa shape index (κ2) is 6.68. The summed E-state index contributed by atoms with van der Waals surface area (Å²) in [6, 6.07) is 7.07. The van der Waals surface area contributed by atoms with Crippen molar-refractivity contribution in [1.82, 2.24) is 14.8 Å². The van der Waals surface area contributed by atoms with Crippen LogP contribution in [-0.4, -0.2) is 47.5 Å². The number of hydrogen-bond acceptors (Lipinski definition) is 3. The predicted octanol–water partition coefficient (Wildman–Crippen LogP) is 2.78. The first-order valence-electron chi connectivity index (χ1n) is 8.15. The standard InChI is InChI=1S/C17H27N3/c1-19-12-8-15(9-13-19)17-7-3-5-11-20(17)14-16-6-2-4-10-18-16/h2,4,6,10,15,17H,3,5,7-9,11-14H2,1H3. The molecule has 1 atom stereocenters. The Bertz CT molecular complexity index is 398. The van der Waals surface area contributed by atoms with Crippen molar-refractivity contribution in [1.29, 1.82) is 0 Å². The van der Waals surface area contributed by atoms with Gasteiger partial charge in [-0.2, -0.15) is 0 Å². The fourth-order valence-electron chi connectivity index (χ4n) is 3.86. The van der Waals surface area contributed by atoms with Crippen molar-refractivity contribution in [3.63, 3.8) is 0 Å². The molecule has 3 heterocycles. The van der Waals surface area contributed by atoms with E-state index in [9.17, 15) is 0 Å². The molecule has 1 unspecified atom stereocenters. The second-order valence-electron chi connectivity index (χ2n) is 6.50. The first kappa shape index (κ1) is 14.0. The zero-order chi connectivity index (χ0) is 13.8. The molecule has 2 fully saturated rings. The number of hydrogen-bond donors (Lipinski definition) is 0. The van der Waals surface area contributed by atoms with E-state index >= 15 is 0 Å². The third-order valence-electron chi connectivity index (χ3n) is 5.06. The van der Waals surface area contributed by atoms with E-state index in [1.807, 2.05) is 12.3 Å². The molecule has 110 valence electrons. The minimum absolute atomic E-state index is 0.791. The second-order valence-corrected chi connectivity index (χ2v) is 6.50. The van der Waals surface area contributed by atoms with E-state index < -0.39 is 0 Å². The maximum atomic E-state index is 4.51. The summed E-state index contributed by atoms with van der Waals surface area (Å²) in [5.74, 6) is 0.898. The zero-order valence-corrected chi connectivity index (χ0v) is 12.7. The summed E-state index contributed by atoms with van der Waals surface area (Å²) < 4.78 is 0. The Labute approximate surface area is 123 Å². The van der Waals surface area contributed by atoms with Gasteiger partial charge < -0.3 is 4.90 Å². The van der Waals surface area contributed by atoms with E-state index in [-0.39, 0.29) is 0 Å². The van der Waals surface area contributed by atoms with Gasteiger partial charge in [-0.1, -0.05) is 12.5 Å². The smallest absolute Gasteiger partial charge is 0.0544 e. The molecular weight excluding hydrogens is 246 g/mol. The molecule has 0 aromatic carbocycles. The molecule has 20 heavy (non-hydrogen) atoms. The van der Waals surface area contributed by atoms with Crippen molar-refractivity contribution in [2.75, 3.05) is 26.7 Å². The topological polar surface area (TPSA) is 19.4 Å². The van der Waals surface area contributed by atoms with Crippen LogP contribution < -0.4 is 0 Å². The van der Waals surface area contributed by atoms with Crippen molar-refractivity contribution in [2.24, 2.45) is 5.92 Å². The summed E-state index contributed by atoms with van der Waals surface area (Å²) >= 11 is 0. The van der Waals surface area contributed by atoms with E-state index in [4.69, 9.17) is 0 Å². The molecule has 0 N–H and O–H groups in total. The van der Waals surface area contributed by atoms with Crippen LogP contribution >= 0.6 is 0 Å². The van der Waals surface area contributed by atoms with Crippen molar-refractivity contribution >= 4 is 0 Å². The van der Waals surface area contributed by atoms with Crippen molar-refractivity contribution in [2.45, 2.75) is 44.7 Å². The maximum absolute atomic E-state index is 4.51. The monoisotopic (exact) mass is 273 g/mol. The molecule has 0 bridgehead atoms. The largest absolute Gasteiger partial charge is 0.306 e. The van der Waals surface area contributed by atoms with E-state index in [0.717, 1.165) is 18.5 Å². The van der Waals surface area contributed by atoms with Crippen LogP contribution in [-0.2, 0) is 6.54 Å². The normalized spacial score (nSPS) is 26.8. The molecule has 0 saturated carbocycles. The van der Waals surface area contributed by atoms with Crippen LogP contribution in [0.15, 0.2) is 24.4 Å². The Morgan fingerprint density at radius 1 is 1.10 bits per heavy atom. The Morgan fingerprint density at radius 2 is 1.95 bits per heavy atom. The molecule has 2 aliphatic rings. The third-order valence-corrected chi connectivity index (χ3v) is 5.06. The highest BCUT2D eigenvalue weighted by molar-refractivity contribution is 5.04. The van der Waals surface area contributed by atoms with Crippen LogP contribution in [0.5, 0.6) is 0 Å². The van der Waals surface area contributed by atoms with Crippen LogP contribution in [0, 0.1) is 5.92 Å². The summed E-state index contributed by atoms with van der Waals surface area (Å²) in [6.07, 6.45) is 8.83. The number of piperidine rings is 2. The summed E-state index contributed by atoms with van der Waals surface area (Å²) in [5.41, 5.74) is 1.23. The lowest BCUT2D eigenvalue weighted by Gasteiger charge is -2.43. The fraction of sp³-hybridized carbons (Fsp3) is 0.706. The quantitative estimate of drug-likeness (QED) is 0.844. The van der Waals surface area contributed by atoms with Crippen LogP contribution in [0.25, 0.3) is 0 Å². The van der Waals surface area contributed by atoms with Crippen molar-refractivity contribution in [3.05, 3.63) is 30.1 Å². The highest BCUT2D eigenvalue weighted by atomic mass is 15.2. The Kier molecular flexibility index (Phi) is 4.69. The molecule has 2 saturated heterocycles. The summed E-state index contributed by atoms with van der Waals surface area (Å²) in [4.78, 5) is 9.70. The minimum atomic E-state index is 0.791. The van der Waals surface area contributed by atoms with Crippen molar-refractivity contribution in [3.8, 4) is 0 Å². The molecule has 3 heteroatoms. The summed E-state index contributed by atoms with van der Waals surface area (Å²) in [6.45, 7) is 4.85. The van der Waals surface area contributed by atoms with Gasteiger partial charge in [0, 0.05) is 18.8 Å². The number of aromatic nitrogens is 1. The molecule has 1 aromatic rings. The molecule has 0 amide bonds. The van der Waals surface area contributed by atoms with Gasteiger partial charge in [-0.05, 0) is 70.4 Å². The molecular formula is C17H27N3. The van der Waals surface area contributed by atoms with Gasteiger partial charge in [-0.25, -0.2) is 0 Å². The summed E-state index contributed by atoms with van der Waals surface area (Å²) in [5, 5.41) is 0. The van der Waals surface area contributed by atoms with Gasteiger partial charge in [-0.3, -0.25) is 9.88 Å². The predicted molar refractivity (Wildman–Crippen MR) is 82.5 cm³/mol. The number of nitrogens with zero attached hydrogens (tertiary/aromatic N) is 3. The molecule has 3 rings (SSSR count). The van der Waals surface area contributed by atoms with E-state index in [1.165, 1.54) is 57.4 Å². The lowest BCUT2D eigenvalue weighted by atomic mass is 9.83. The molecule has 2 aliphatic heterocycles. The minimum Gasteiger partial charge on any atom is -0.306 e. The maximum Gasteiger partial charge on any atom is 0.0544 e. The Balaban J connectivity index is 1.64. The number of rotatable bonds is 3. The van der Waals surface area contributed by atoms with Gasteiger partial charge in [0.05, 0.1) is 5.69 Å². The SMILES string of the molecule is CN1CCC(C2CCCCN2Cc2ccccn2)CC1.